The quantitative estimate of drug-likeness (QED) is 0.401. The number of rotatable bonds is 5. The molecule has 0 radical (unpaired) electrons. The first-order chi connectivity index (χ1) is 13.9. The number of carbonyl (C=O) groups is 1. The molecular weight excluding hydrogens is 432 g/mol. The van der Waals surface area contributed by atoms with E-state index in [4.69, 9.17) is 9.15 Å². The van der Waals surface area contributed by atoms with Gasteiger partial charge in [0.2, 0.25) is 5.89 Å². The van der Waals surface area contributed by atoms with E-state index in [-0.39, 0.29) is 5.91 Å². The molecule has 0 aliphatic heterocycles. The molecule has 0 saturated heterocycles. The largest absolute Gasteiger partial charge is 0.478 e. The number of amides is 1. The minimum atomic E-state index is -1.04. The van der Waals surface area contributed by atoms with Crippen LogP contribution < -0.4 is 10.1 Å². The monoisotopic (exact) mass is 450 g/mol. The summed E-state index contributed by atoms with van der Waals surface area (Å²) < 4.78 is 12.7. The summed E-state index contributed by atoms with van der Waals surface area (Å²) in [5.41, 5.74) is 1.79. The average Bonchev–Trinajstić information content (AvgIpc) is 3.12. The van der Waals surface area contributed by atoms with Gasteiger partial charge in [-0.25, -0.2) is 4.98 Å². The summed E-state index contributed by atoms with van der Waals surface area (Å²) in [5.74, 6) is 0.916. The van der Waals surface area contributed by atoms with Crippen molar-refractivity contribution >= 4 is 38.6 Å². The number of nitrogens with zero attached hydrogens (tertiary/aromatic N) is 1. The highest BCUT2D eigenvalue weighted by atomic mass is 79.9. The number of para-hydroxylation sites is 1. The molecule has 29 heavy (non-hydrogen) atoms. The Morgan fingerprint density at radius 2 is 1.76 bits per heavy atom. The van der Waals surface area contributed by atoms with Crippen molar-refractivity contribution in [3.63, 3.8) is 0 Å². The van der Waals surface area contributed by atoms with Gasteiger partial charge in [0.15, 0.2) is 11.2 Å². The Labute approximate surface area is 176 Å². The molecule has 0 spiro atoms. The van der Waals surface area contributed by atoms with Gasteiger partial charge >= 0.3 is 0 Å². The van der Waals surface area contributed by atoms with E-state index in [0.717, 1.165) is 10.0 Å². The van der Waals surface area contributed by atoms with Crippen LogP contribution in [0.1, 0.15) is 13.8 Å². The van der Waals surface area contributed by atoms with E-state index in [1.54, 1.807) is 32.0 Å². The van der Waals surface area contributed by atoms with Crippen LogP contribution in [-0.2, 0) is 4.79 Å². The fourth-order valence-corrected chi connectivity index (χ4v) is 3.10. The lowest BCUT2D eigenvalue weighted by atomic mass is 10.1. The number of hydrogen-bond acceptors (Lipinski definition) is 4. The maximum absolute atomic E-state index is 12.7. The Morgan fingerprint density at radius 1 is 1.03 bits per heavy atom. The van der Waals surface area contributed by atoms with Crippen molar-refractivity contribution in [2.45, 2.75) is 19.4 Å². The van der Waals surface area contributed by atoms with Crippen LogP contribution in [0.4, 0.5) is 5.69 Å². The molecule has 0 aliphatic rings. The third-order valence-corrected chi connectivity index (χ3v) is 4.93. The molecule has 6 heteroatoms. The predicted octanol–water partition coefficient (Wildman–Crippen LogP) is 6.05. The van der Waals surface area contributed by atoms with Crippen molar-refractivity contribution in [1.29, 1.82) is 0 Å². The number of ether oxygens (including phenoxy) is 1. The first-order valence-electron chi connectivity index (χ1n) is 9.13. The minimum absolute atomic E-state index is 0.252. The molecule has 1 N–H and O–H groups in total. The molecule has 146 valence electrons. The van der Waals surface area contributed by atoms with Crippen LogP contribution in [0.2, 0.25) is 0 Å². The van der Waals surface area contributed by atoms with E-state index in [1.807, 2.05) is 54.6 Å². The van der Waals surface area contributed by atoms with Crippen molar-refractivity contribution in [2.75, 3.05) is 5.32 Å². The van der Waals surface area contributed by atoms with Gasteiger partial charge in [-0.3, -0.25) is 4.79 Å². The summed E-state index contributed by atoms with van der Waals surface area (Å²) in [6.07, 6.45) is 0. The Morgan fingerprint density at radius 3 is 2.48 bits per heavy atom. The lowest BCUT2D eigenvalue weighted by Crippen LogP contribution is -2.42. The van der Waals surface area contributed by atoms with Crippen LogP contribution in [0, 0.1) is 0 Å². The average molecular weight is 451 g/mol. The zero-order chi connectivity index (χ0) is 20.4. The molecule has 1 aromatic heterocycles. The van der Waals surface area contributed by atoms with Crippen molar-refractivity contribution < 1.29 is 13.9 Å². The zero-order valence-corrected chi connectivity index (χ0v) is 17.6. The highest BCUT2D eigenvalue weighted by Crippen LogP contribution is 2.28. The van der Waals surface area contributed by atoms with E-state index in [0.29, 0.717) is 28.4 Å². The smallest absolute Gasteiger partial charge is 0.267 e. The van der Waals surface area contributed by atoms with Gasteiger partial charge in [0.1, 0.15) is 11.3 Å². The fraction of sp³-hybridized carbons (Fsp3) is 0.130. The number of anilines is 1. The van der Waals surface area contributed by atoms with E-state index < -0.39 is 5.60 Å². The number of fused-ring (bicyclic) bond motifs is 1. The molecule has 0 fully saturated rings. The second-order valence-corrected chi connectivity index (χ2v) is 8.00. The molecular formula is C23H19BrN2O3. The summed E-state index contributed by atoms with van der Waals surface area (Å²) in [6.45, 7) is 3.46. The number of benzene rings is 3. The van der Waals surface area contributed by atoms with Crippen LogP contribution >= 0.6 is 15.9 Å². The summed E-state index contributed by atoms with van der Waals surface area (Å²) in [5, 5.41) is 2.90. The maximum Gasteiger partial charge on any atom is 0.267 e. The molecule has 0 bridgehead atoms. The van der Waals surface area contributed by atoms with Gasteiger partial charge < -0.3 is 14.5 Å². The minimum Gasteiger partial charge on any atom is -0.478 e. The van der Waals surface area contributed by atoms with Gasteiger partial charge in [-0.05, 0) is 68.4 Å². The van der Waals surface area contributed by atoms with Crippen LogP contribution in [0.15, 0.2) is 81.7 Å². The molecule has 4 aromatic rings. The molecule has 5 nitrogen and oxygen atoms in total. The molecule has 4 rings (SSSR count). The topological polar surface area (TPSA) is 64.4 Å². The highest BCUT2D eigenvalue weighted by Gasteiger charge is 2.30. The second-order valence-electron chi connectivity index (χ2n) is 7.09. The Bertz CT molecular complexity index is 1150. The van der Waals surface area contributed by atoms with Gasteiger partial charge in [0, 0.05) is 15.7 Å². The summed E-state index contributed by atoms with van der Waals surface area (Å²) in [7, 11) is 0. The van der Waals surface area contributed by atoms with E-state index in [2.05, 4.69) is 26.2 Å². The number of nitrogens with one attached hydrogen (secondary N) is 1. The highest BCUT2D eigenvalue weighted by molar-refractivity contribution is 9.10. The van der Waals surface area contributed by atoms with Crippen molar-refractivity contribution in [3.05, 3.63) is 77.3 Å². The van der Waals surface area contributed by atoms with E-state index in [1.165, 1.54) is 0 Å². The molecule has 0 atom stereocenters. The van der Waals surface area contributed by atoms with Crippen LogP contribution in [0.25, 0.3) is 22.6 Å². The maximum atomic E-state index is 12.7. The Kier molecular flexibility index (Phi) is 5.11. The molecule has 1 heterocycles. The number of carbonyl (C=O) groups excluding carboxylic acids is 1. The number of halogens is 1. The Balaban J connectivity index is 1.53. The van der Waals surface area contributed by atoms with Crippen LogP contribution in [0.5, 0.6) is 5.75 Å². The van der Waals surface area contributed by atoms with Gasteiger partial charge in [-0.1, -0.05) is 34.1 Å². The summed E-state index contributed by atoms with van der Waals surface area (Å²) in [6, 6.07) is 22.4. The zero-order valence-electron chi connectivity index (χ0n) is 16.0. The lowest BCUT2D eigenvalue weighted by molar-refractivity contribution is -0.128. The van der Waals surface area contributed by atoms with Crippen molar-refractivity contribution in [1.82, 2.24) is 4.98 Å². The van der Waals surface area contributed by atoms with Gasteiger partial charge in [-0.15, -0.1) is 0 Å². The predicted molar refractivity (Wildman–Crippen MR) is 117 cm³/mol. The number of aromatic nitrogens is 1. The van der Waals surface area contributed by atoms with E-state index >= 15 is 0 Å². The fourth-order valence-electron chi connectivity index (χ4n) is 2.83. The SMILES string of the molecule is CC(C)(Oc1ccccc1)C(=O)Nc1ccc2oc(-c3ccc(Br)cc3)nc2c1. The van der Waals surface area contributed by atoms with Gasteiger partial charge in [0.05, 0.1) is 0 Å². The standard InChI is InChI=1S/C23H19BrN2O3/c1-23(2,29-18-6-4-3-5-7-18)22(27)25-17-12-13-20-19(14-17)26-21(28-20)15-8-10-16(24)11-9-15/h3-14H,1-2H3,(H,25,27). The van der Waals surface area contributed by atoms with Crippen molar-refractivity contribution in [2.24, 2.45) is 0 Å². The van der Waals surface area contributed by atoms with Gasteiger partial charge in [-0.2, -0.15) is 0 Å². The van der Waals surface area contributed by atoms with Gasteiger partial charge in [0.25, 0.3) is 5.91 Å². The number of hydrogen-bond donors (Lipinski definition) is 1. The molecule has 0 saturated carbocycles. The molecule has 0 unspecified atom stereocenters. The van der Waals surface area contributed by atoms with Crippen molar-refractivity contribution in [3.8, 4) is 17.2 Å². The lowest BCUT2D eigenvalue weighted by Gasteiger charge is -2.25. The first kappa shape index (κ1) is 19.2. The van der Waals surface area contributed by atoms with Crippen LogP contribution in [-0.4, -0.2) is 16.5 Å². The molecule has 1 amide bonds. The third kappa shape index (κ3) is 4.32. The summed E-state index contributed by atoms with van der Waals surface area (Å²) >= 11 is 3.42. The number of oxazole rings is 1. The third-order valence-electron chi connectivity index (χ3n) is 4.40. The second kappa shape index (κ2) is 7.72. The molecule has 3 aromatic carbocycles. The normalized spacial score (nSPS) is 11.4. The van der Waals surface area contributed by atoms with E-state index in [9.17, 15) is 4.79 Å². The summed E-state index contributed by atoms with van der Waals surface area (Å²) in [4.78, 5) is 17.3. The first-order valence-corrected chi connectivity index (χ1v) is 9.92. The van der Waals surface area contributed by atoms with Crippen LogP contribution in [0.3, 0.4) is 0 Å². The Hall–Kier alpha value is -3.12. The molecule has 0 aliphatic carbocycles.